The highest BCUT2D eigenvalue weighted by Gasteiger charge is 2.30. The predicted octanol–water partition coefficient (Wildman–Crippen LogP) is 4.47. The number of para-hydroxylation sites is 1. The Labute approximate surface area is 185 Å². The van der Waals surface area contributed by atoms with E-state index in [0.29, 0.717) is 10.1 Å². The van der Waals surface area contributed by atoms with Gasteiger partial charge in [0, 0.05) is 28.9 Å². The maximum absolute atomic E-state index is 13.2. The lowest BCUT2D eigenvalue weighted by Gasteiger charge is -2.21. The zero-order valence-electron chi connectivity index (χ0n) is 16.2. The van der Waals surface area contributed by atoms with Gasteiger partial charge in [0.2, 0.25) is 6.17 Å². The molecule has 4 rings (SSSR count). The summed E-state index contributed by atoms with van der Waals surface area (Å²) in [5, 5.41) is 7.05. The van der Waals surface area contributed by atoms with Gasteiger partial charge in [-0.15, -0.1) is 0 Å². The van der Waals surface area contributed by atoms with Gasteiger partial charge in [0.05, 0.1) is 11.4 Å². The summed E-state index contributed by atoms with van der Waals surface area (Å²) in [6.07, 6.45) is -0.870. The Balaban J connectivity index is 1.68. The monoisotopic (exact) mass is 434 g/mol. The van der Waals surface area contributed by atoms with Crippen LogP contribution in [0.2, 0.25) is 5.02 Å². The number of fused-ring (bicyclic) bond motifs is 1. The Morgan fingerprint density at radius 2 is 1.67 bits per heavy atom. The summed E-state index contributed by atoms with van der Waals surface area (Å²) in [7, 11) is 1.75. The molecular weight excluding hydrogens is 416 g/mol. The van der Waals surface area contributed by atoms with Crippen LogP contribution in [0.3, 0.4) is 0 Å². The minimum Gasteiger partial charge on any atom is -0.333 e. The van der Waals surface area contributed by atoms with Crippen molar-refractivity contribution in [2.24, 2.45) is 4.99 Å². The molecule has 0 spiro atoms. The topological polar surface area (TPSA) is 56.7 Å². The first kappa shape index (κ1) is 20.1. The molecule has 1 atom stereocenters. The molecule has 1 amide bonds. The lowest BCUT2D eigenvalue weighted by Crippen LogP contribution is -2.47. The van der Waals surface area contributed by atoms with Crippen LogP contribution in [0.4, 0.5) is 11.4 Å². The standard InChI is InChI=1S/C23H19ClN4OS/c1-28-19-10-6-5-9-18(19)20(15-7-3-2-4-8-15)26-21(22(28)29)27-23(30)25-17-13-11-16(24)12-14-17/h2-14,21H,1H3,(H2,25,27,30). The summed E-state index contributed by atoms with van der Waals surface area (Å²) >= 11 is 11.4. The normalized spacial score (nSPS) is 15.7. The predicted molar refractivity (Wildman–Crippen MR) is 127 cm³/mol. The van der Waals surface area contributed by atoms with Gasteiger partial charge in [-0.25, -0.2) is 4.99 Å². The fourth-order valence-electron chi connectivity index (χ4n) is 3.27. The van der Waals surface area contributed by atoms with Gasteiger partial charge >= 0.3 is 0 Å². The second kappa shape index (κ2) is 8.65. The SMILES string of the molecule is CN1C(=O)C(NC(=S)Nc2ccc(Cl)cc2)N=C(c2ccccc2)c2ccccc21. The van der Waals surface area contributed by atoms with Gasteiger partial charge in [-0.2, -0.15) is 0 Å². The van der Waals surface area contributed by atoms with E-state index in [9.17, 15) is 4.79 Å². The molecule has 2 N–H and O–H groups in total. The molecule has 0 fully saturated rings. The number of benzodiazepines with no additional fused rings is 1. The molecule has 30 heavy (non-hydrogen) atoms. The first-order valence-corrected chi connectivity index (χ1v) is 10.1. The molecule has 150 valence electrons. The maximum atomic E-state index is 13.2. The lowest BCUT2D eigenvalue weighted by molar-refractivity contribution is -0.119. The Bertz CT molecular complexity index is 1120. The van der Waals surface area contributed by atoms with Gasteiger partial charge in [-0.05, 0) is 42.5 Å². The quantitative estimate of drug-likeness (QED) is 0.597. The van der Waals surface area contributed by atoms with Crippen molar-refractivity contribution in [1.82, 2.24) is 5.32 Å². The molecule has 3 aromatic carbocycles. The van der Waals surface area contributed by atoms with Crippen LogP contribution in [0.15, 0.2) is 83.9 Å². The van der Waals surface area contributed by atoms with Crippen molar-refractivity contribution in [2.45, 2.75) is 6.17 Å². The van der Waals surface area contributed by atoms with Crippen molar-refractivity contribution in [1.29, 1.82) is 0 Å². The Hall–Kier alpha value is -3.22. The molecule has 7 heteroatoms. The molecule has 0 saturated carbocycles. The molecule has 0 radical (unpaired) electrons. The minimum absolute atomic E-state index is 0.200. The summed E-state index contributed by atoms with van der Waals surface area (Å²) in [6, 6.07) is 24.7. The first-order valence-electron chi connectivity index (χ1n) is 9.36. The average molecular weight is 435 g/mol. The van der Waals surface area contributed by atoms with E-state index in [1.54, 1.807) is 24.1 Å². The molecule has 5 nitrogen and oxygen atoms in total. The summed E-state index contributed by atoms with van der Waals surface area (Å²) in [4.78, 5) is 19.6. The van der Waals surface area contributed by atoms with Crippen LogP contribution in [-0.2, 0) is 4.79 Å². The summed E-state index contributed by atoms with van der Waals surface area (Å²) in [5.41, 5.74) is 4.11. The van der Waals surface area contributed by atoms with E-state index in [4.69, 9.17) is 28.8 Å². The number of likely N-dealkylation sites (N-methyl/N-ethyl adjacent to an activating group) is 1. The maximum Gasteiger partial charge on any atom is 0.272 e. The van der Waals surface area contributed by atoms with Crippen LogP contribution in [0.5, 0.6) is 0 Å². The highest BCUT2D eigenvalue weighted by molar-refractivity contribution is 7.80. The molecule has 0 aliphatic carbocycles. The van der Waals surface area contributed by atoms with E-state index in [-0.39, 0.29) is 5.91 Å². The number of thiocarbonyl (C=S) groups is 1. The number of amides is 1. The number of rotatable bonds is 3. The van der Waals surface area contributed by atoms with E-state index >= 15 is 0 Å². The number of nitrogens with zero attached hydrogens (tertiary/aromatic N) is 2. The van der Waals surface area contributed by atoms with Gasteiger partial charge in [-0.1, -0.05) is 60.1 Å². The van der Waals surface area contributed by atoms with Gasteiger partial charge in [0.1, 0.15) is 0 Å². The van der Waals surface area contributed by atoms with Crippen LogP contribution < -0.4 is 15.5 Å². The third-order valence-corrected chi connectivity index (χ3v) is 5.23. The van der Waals surface area contributed by atoms with Crippen LogP contribution in [0.25, 0.3) is 0 Å². The van der Waals surface area contributed by atoms with Crippen molar-refractivity contribution >= 4 is 51.9 Å². The Kier molecular flexibility index (Phi) is 5.79. The van der Waals surface area contributed by atoms with Gasteiger partial charge in [0.15, 0.2) is 5.11 Å². The van der Waals surface area contributed by atoms with Crippen LogP contribution in [0, 0.1) is 0 Å². The van der Waals surface area contributed by atoms with Crippen molar-refractivity contribution in [3.63, 3.8) is 0 Å². The summed E-state index contributed by atoms with van der Waals surface area (Å²) < 4.78 is 0. The molecule has 1 unspecified atom stereocenters. The molecule has 1 aliphatic rings. The second-order valence-corrected chi connectivity index (χ2v) is 7.61. The number of nitrogens with one attached hydrogen (secondary N) is 2. The fraction of sp³-hybridized carbons (Fsp3) is 0.0870. The molecular formula is C23H19ClN4OS. The summed E-state index contributed by atoms with van der Waals surface area (Å²) in [5.74, 6) is -0.200. The fourth-order valence-corrected chi connectivity index (χ4v) is 3.62. The molecule has 1 aliphatic heterocycles. The van der Waals surface area contributed by atoms with E-state index in [1.165, 1.54) is 0 Å². The van der Waals surface area contributed by atoms with Gasteiger partial charge in [0.25, 0.3) is 5.91 Å². The number of anilines is 2. The number of halogens is 1. The second-order valence-electron chi connectivity index (χ2n) is 6.77. The van der Waals surface area contributed by atoms with Crippen LogP contribution in [-0.4, -0.2) is 29.9 Å². The van der Waals surface area contributed by atoms with Gasteiger partial charge in [-0.3, -0.25) is 4.79 Å². The number of benzene rings is 3. The van der Waals surface area contributed by atoms with Crippen molar-refractivity contribution in [3.05, 3.63) is 95.0 Å². The molecule has 0 aromatic heterocycles. The highest BCUT2D eigenvalue weighted by atomic mass is 35.5. The Morgan fingerprint density at radius 3 is 2.40 bits per heavy atom. The average Bonchev–Trinajstić information content (AvgIpc) is 2.87. The Morgan fingerprint density at radius 1 is 1.00 bits per heavy atom. The highest BCUT2D eigenvalue weighted by Crippen LogP contribution is 2.27. The lowest BCUT2D eigenvalue weighted by atomic mass is 10.0. The van der Waals surface area contributed by atoms with Gasteiger partial charge < -0.3 is 15.5 Å². The molecule has 1 heterocycles. The van der Waals surface area contributed by atoms with Crippen LogP contribution >= 0.6 is 23.8 Å². The zero-order chi connectivity index (χ0) is 21.1. The first-order chi connectivity index (χ1) is 14.5. The number of aliphatic imine (C=N–C) groups is 1. The number of hydrogen-bond donors (Lipinski definition) is 2. The van der Waals surface area contributed by atoms with Crippen molar-refractivity contribution in [3.8, 4) is 0 Å². The number of carbonyl (C=O) groups excluding carboxylic acids is 1. The number of hydrogen-bond acceptors (Lipinski definition) is 3. The van der Waals surface area contributed by atoms with E-state index in [1.807, 2.05) is 66.7 Å². The molecule has 0 saturated heterocycles. The number of carbonyl (C=O) groups is 1. The third-order valence-electron chi connectivity index (χ3n) is 4.76. The smallest absolute Gasteiger partial charge is 0.272 e. The minimum atomic E-state index is -0.870. The van der Waals surface area contributed by atoms with E-state index in [0.717, 1.165) is 28.2 Å². The van der Waals surface area contributed by atoms with E-state index < -0.39 is 6.17 Å². The third kappa shape index (κ3) is 4.20. The zero-order valence-corrected chi connectivity index (χ0v) is 17.7. The molecule has 0 bridgehead atoms. The molecule has 3 aromatic rings. The summed E-state index contributed by atoms with van der Waals surface area (Å²) in [6.45, 7) is 0. The van der Waals surface area contributed by atoms with Crippen molar-refractivity contribution < 1.29 is 4.79 Å². The largest absolute Gasteiger partial charge is 0.333 e. The van der Waals surface area contributed by atoms with E-state index in [2.05, 4.69) is 10.6 Å². The van der Waals surface area contributed by atoms with Crippen LogP contribution in [0.1, 0.15) is 11.1 Å². The van der Waals surface area contributed by atoms with Crippen molar-refractivity contribution in [2.75, 3.05) is 17.3 Å².